The Balaban J connectivity index is 1.80. The minimum atomic E-state index is -4.01. The molecule has 2 fully saturated rings. The van der Waals surface area contributed by atoms with Gasteiger partial charge in [-0.3, -0.25) is 0 Å². The molecule has 0 aromatic rings. The van der Waals surface area contributed by atoms with Crippen LogP contribution in [0.1, 0.15) is 45.4 Å². The average Bonchev–Trinajstić information content (AvgIpc) is 2.41. The smallest absolute Gasteiger partial charge is 0.327 e. The van der Waals surface area contributed by atoms with Crippen molar-refractivity contribution in [2.45, 2.75) is 57.7 Å². The van der Waals surface area contributed by atoms with E-state index in [-0.39, 0.29) is 18.9 Å². The molecule has 2 nitrogen and oxygen atoms in total. The van der Waals surface area contributed by atoms with Crippen LogP contribution in [-0.2, 0) is 0 Å². The highest BCUT2D eigenvalue weighted by atomic mass is 19.4. The van der Waals surface area contributed by atoms with Crippen molar-refractivity contribution >= 4 is 0 Å². The molecule has 2 rings (SSSR count). The molecule has 3 atom stereocenters. The Morgan fingerprint density at radius 1 is 1.10 bits per heavy atom. The van der Waals surface area contributed by atoms with E-state index in [1.54, 1.807) is 0 Å². The Morgan fingerprint density at radius 2 is 1.75 bits per heavy atom. The fourth-order valence-corrected chi connectivity index (χ4v) is 3.74. The van der Waals surface area contributed by atoms with E-state index in [0.29, 0.717) is 19.0 Å². The molecule has 118 valence electrons. The van der Waals surface area contributed by atoms with E-state index < -0.39 is 12.1 Å². The quantitative estimate of drug-likeness (QED) is 0.863. The third-order valence-corrected chi connectivity index (χ3v) is 5.27. The standard InChI is InChI=1S/C15H27F3N2/c1-2-11-3-4-14(19)12(9-11)10-20-7-5-13(6-8-20)15(16,17)18/h11-14H,2-10,19H2,1H3. The lowest BCUT2D eigenvalue weighted by atomic mass is 9.77. The van der Waals surface area contributed by atoms with Gasteiger partial charge in [0.15, 0.2) is 0 Å². The van der Waals surface area contributed by atoms with Crippen LogP contribution in [0.3, 0.4) is 0 Å². The van der Waals surface area contributed by atoms with Crippen molar-refractivity contribution in [3.63, 3.8) is 0 Å². The zero-order valence-corrected chi connectivity index (χ0v) is 12.3. The summed E-state index contributed by atoms with van der Waals surface area (Å²) >= 11 is 0. The first-order valence-electron chi connectivity index (χ1n) is 7.94. The summed E-state index contributed by atoms with van der Waals surface area (Å²) in [6.45, 7) is 4.25. The summed E-state index contributed by atoms with van der Waals surface area (Å²) in [6.07, 6.45) is 1.12. The molecule has 0 radical (unpaired) electrons. The summed E-state index contributed by atoms with van der Waals surface area (Å²) < 4.78 is 37.9. The maximum Gasteiger partial charge on any atom is 0.391 e. The number of hydrogen-bond acceptors (Lipinski definition) is 2. The summed E-state index contributed by atoms with van der Waals surface area (Å²) in [5, 5.41) is 0. The van der Waals surface area contributed by atoms with Crippen LogP contribution in [0.5, 0.6) is 0 Å². The molecular weight excluding hydrogens is 265 g/mol. The Kier molecular flexibility index (Phi) is 5.35. The second kappa shape index (κ2) is 6.65. The highest BCUT2D eigenvalue weighted by molar-refractivity contribution is 4.86. The summed E-state index contributed by atoms with van der Waals surface area (Å²) in [5.74, 6) is 0.130. The minimum absolute atomic E-state index is 0.234. The summed E-state index contributed by atoms with van der Waals surface area (Å²) in [5.41, 5.74) is 6.20. The van der Waals surface area contributed by atoms with Gasteiger partial charge in [-0.1, -0.05) is 13.3 Å². The number of likely N-dealkylation sites (tertiary alicyclic amines) is 1. The number of piperidine rings is 1. The molecule has 0 amide bonds. The van der Waals surface area contributed by atoms with Crippen molar-refractivity contribution in [3.8, 4) is 0 Å². The zero-order chi connectivity index (χ0) is 14.8. The van der Waals surface area contributed by atoms with E-state index in [0.717, 1.165) is 25.3 Å². The van der Waals surface area contributed by atoms with Gasteiger partial charge in [-0.25, -0.2) is 0 Å². The summed E-state index contributed by atoms with van der Waals surface area (Å²) in [6, 6.07) is 0.234. The van der Waals surface area contributed by atoms with Gasteiger partial charge in [-0.2, -0.15) is 13.2 Å². The highest BCUT2D eigenvalue weighted by Crippen LogP contribution is 2.35. The third kappa shape index (κ3) is 4.10. The number of halogens is 3. The van der Waals surface area contributed by atoms with E-state index in [4.69, 9.17) is 5.73 Å². The van der Waals surface area contributed by atoms with E-state index in [9.17, 15) is 13.2 Å². The van der Waals surface area contributed by atoms with Crippen molar-refractivity contribution in [1.82, 2.24) is 4.90 Å². The second-order valence-corrected chi connectivity index (χ2v) is 6.63. The largest absolute Gasteiger partial charge is 0.391 e. The van der Waals surface area contributed by atoms with Gasteiger partial charge < -0.3 is 10.6 Å². The van der Waals surface area contributed by atoms with Crippen molar-refractivity contribution in [2.75, 3.05) is 19.6 Å². The van der Waals surface area contributed by atoms with Gasteiger partial charge >= 0.3 is 6.18 Å². The van der Waals surface area contributed by atoms with Gasteiger partial charge in [-0.05, 0) is 57.0 Å². The van der Waals surface area contributed by atoms with Crippen LogP contribution in [0.2, 0.25) is 0 Å². The van der Waals surface area contributed by atoms with Crippen molar-refractivity contribution in [1.29, 1.82) is 0 Å². The fourth-order valence-electron chi connectivity index (χ4n) is 3.74. The molecule has 5 heteroatoms. The summed E-state index contributed by atoms with van der Waals surface area (Å²) in [4.78, 5) is 2.20. The van der Waals surface area contributed by atoms with Gasteiger partial charge in [0, 0.05) is 12.6 Å². The van der Waals surface area contributed by atoms with Crippen molar-refractivity contribution in [3.05, 3.63) is 0 Å². The molecule has 20 heavy (non-hydrogen) atoms. The molecule has 2 N–H and O–H groups in total. The highest BCUT2D eigenvalue weighted by Gasteiger charge is 2.41. The molecule has 1 saturated heterocycles. The minimum Gasteiger partial charge on any atom is -0.327 e. The van der Waals surface area contributed by atoms with E-state index in [1.165, 1.54) is 12.8 Å². The lowest BCUT2D eigenvalue weighted by Gasteiger charge is -2.39. The Labute approximate surface area is 119 Å². The summed E-state index contributed by atoms with van der Waals surface area (Å²) in [7, 11) is 0. The van der Waals surface area contributed by atoms with Crippen LogP contribution in [-0.4, -0.2) is 36.8 Å². The average molecular weight is 292 g/mol. The van der Waals surface area contributed by atoms with Crippen LogP contribution in [0.4, 0.5) is 13.2 Å². The first-order valence-corrected chi connectivity index (χ1v) is 7.94. The van der Waals surface area contributed by atoms with Crippen LogP contribution < -0.4 is 5.73 Å². The molecule has 1 aliphatic carbocycles. The number of nitrogens with zero attached hydrogens (tertiary/aromatic N) is 1. The second-order valence-electron chi connectivity index (χ2n) is 6.63. The first-order chi connectivity index (χ1) is 9.40. The van der Waals surface area contributed by atoms with Crippen LogP contribution >= 0.6 is 0 Å². The Bertz CT molecular complexity index is 298. The zero-order valence-electron chi connectivity index (χ0n) is 12.3. The van der Waals surface area contributed by atoms with Gasteiger partial charge in [0.25, 0.3) is 0 Å². The molecule has 0 aromatic heterocycles. The molecule has 1 heterocycles. The molecule has 3 unspecified atom stereocenters. The van der Waals surface area contributed by atoms with E-state index >= 15 is 0 Å². The predicted molar refractivity (Wildman–Crippen MR) is 74.3 cm³/mol. The molecule has 0 spiro atoms. The number of hydrogen-bond donors (Lipinski definition) is 1. The van der Waals surface area contributed by atoms with Gasteiger partial charge in [0.1, 0.15) is 0 Å². The molecular formula is C15H27F3N2. The maximum atomic E-state index is 12.6. The number of rotatable bonds is 3. The first kappa shape index (κ1) is 16.1. The van der Waals surface area contributed by atoms with Crippen LogP contribution in [0, 0.1) is 17.8 Å². The van der Waals surface area contributed by atoms with Crippen LogP contribution in [0.25, 0.3) is 0 Å². The number of nitrogens with two attached hydrogens (primary N) is 1. The van der Waals surface area contributed by atoms with E-state index in [2.05, 4.69) is 11.8 Å². The van der Waals surface area contributed by atoms with Crippen molar-refractivity contribution < 1.29 is 13.2 Å². The molecule has 0 aromatic carbocycles. The monoisotopic (exact) mass is 292 g/mol. The predicted octanol–water partition coefficient (Wildman–Crippen LogP) is 3.41. The molecule has 2 aliphatic rings. The third-order valence-electron chi connectivity index (χ3n) is 5.27. The molecule has 0 bridgehead atoms. The lowest BCUT2D eigenvalue weighted by Crippen LogP contribution is -2.46. The maximum absolute atomic E-state index is 12.6. The molecule has 1 saturated carbocycles. The van der Waals surface area contributed by atoms with Crippen molar-refractivity contribution in [2.24, 2.45) is 23.5 Å². The van der Waals surface area contributed by atoms with Gasteiger partial charge in [-0.15, -0.1) is 0 Å². The normalized spacial score (nSPS) is 34.4. The van der Waals surface area contributed by atoms with Gasteiger partial charge in [0.05, 0.1) is 5.92 Å². The topological polar surface area (TPSA) is 29.3 Å². The molecule has 1 aliphatic heterocycles. The lowest BCUT2D eigenvalue weighted by molar-refractivity contribution is -0.185. The van der Waals surface area contributed by atoms with Crippen LogP contribution in [0.15, 0.2) is 0 Å². The number of alkyl halides is 3. The Morgan fingerprint density at radius 3 is 2.30 bits per heavy atom. The Hall–Kier alpha value is -0.290. The van der Waals surface area contributed by atoms with E-state index in [1.807, 2.05) is 0 Å². The SMILES string of the molecule is CCC1CCC(N)C(CN2CCC(C(F)(F)F)CC2)C1. The fraction of sp³-hybridized carbons (Fsp3) is 1.00. The van der Waals surface area contributed by atoms with Gasteiger partial charge in [0.2, 0.25) is 0 Å².